The molecule has 0 spiro atoms. The van der Waals surface area contributed by atoms with Crippen molar-refractivity contribution in [3.8, 4) is 5.69 Å². The van der Waals surface area contributed by atoms with Gasteiger partial charge in [0, 0.05) is 20.5 Å². The molecule has 0 saturated heterocycles. The Morgan fingerprint density at radius 2 is 2.09 bits per heavy atom. The van der Waals surface area contributed by atoms with E-state index in [0.29, 0.717) is 29.6 Å². The van der Waals surface area contributed by atoms with E-state index in [2.05, 4.69) is 10.2 Å². The fourth-order valence-electron chi connectivity index (χ4n) is 2.11. The summed E-state index contributed by atoms with van der Waals surface area (Å²) in [5, 5.41) is 8.34. The maximum Gasteiger partial charge on any atom is 0.235 e. The van der Waals surface area contributed by atoms with E-state index in [0.717, 1.165) is 0 Å². The molecule has 0 unspecified atom stereocenters. The van der Waals surface area contributed by atoms with Crippen LogP contribution in [0.25, 0.3) is 5.69 Å². The lowest BCUT2D eigenvalue weighted by atomic mass is 10.3. The molecule has 124 valence electrons. The molecule has 2 rings (SSSR count). The molecule has 2 aromatic rings. The third kappa shape index (κ3) is 3.89. The summed E-state index contributed by atoms with van der Waals surface area (Å²) in [6, 6.07) is 6.40. The van der Waals surface area contributed by atoms with E-state index < -0.39 is 0 Å². The summed E-state index contributed by atoms with van der Waals surface area (Å²) in [5.41, 5.74) is 5.96. The van der Waals surface area contributed by atoms with Gasteiger partial charge in [-0.2, -0.15) is 0 Å². The van der Waals surface area contributed by atoms with Gasteiger partial charge in [0.15, 0.2) is 5.16 Å². The first-order valence-electron chi connectivity index (χ1n) is 7.22. The van der Waals surface area contributed by atoms with Gasteiger partial charge in [-0.3, -0.25) is 9.36 Å². The van der Waals surface area contributed by atoms with Crippen molar-refractivity contribution in [3.05, 3.63) is 35.9 Å². The van der Waals surface area contributed by atoms with Crippen LogP contribution in [0.5, 0.6) is 0 Å². The van der Waals surface area contributed by atoms with E-state index in [-0.39, 0.29) is 17.0 Å². The van der Waals surface area contributed by atoms with Gasteiger partial charge in [-0.1, -0.05) is 23.9 Å². The molecule has 0 aliphatic heterocycles. The summed E-state index contributed by atoms with van der Waals surface area (Å²) < 4.78 is 15.8. The van der Waals surface area contributed by atoms with E-state index in [9.17, 15) is 9.18 Å². The molecule has 0 bridgehead atoms. The Labute approximate surface area is 138 Å². The molecule has 6 nitrogen and oxygen atoms in total. The van der Waals surface area contributed by atoms with Gasteiger partial charge < -0.3 is 10.6 Å². The van der Waals surface area contributed by atoms with E-state index in [1.54, 1.807) is 43.8 Å². The summed E-state index contributed by atoms with van der Waals surface area (Å²) in [4.78, 5) is 13.6. The second kappa shape index (κ2) is 7.56. The maximum atomic E-state index is 14.2. The van der Waals surface area contributed by atoms with Gasteiger partial charge in [-0.25, -0.2) is 4.39 Å². The maximum absolute atomic E-state index is 14.2. The summed E-state index contributed by atoms with van der Waals surface area (Å²) >= 11 is 1.25. The normalized spacial score (nSPS) is 12.2. The van der Waals surface area contributed by atoms with E-state index in [1.807, 2.05) is 0 Å². The molecule has 23 heavy (non-hydrogen) atoms. The largest absolute Gasteiger partial charge is 0.348 e. The number of nitrogens with zero attached hydrogens (tertiary/aromatic N) is 4. The first-order valence-corrected chi connectivity index (χ1v) is 8.10. The Morgan fingerprint density at radius 3 is 2.70 bits per heavy atom. The molecule has 1 amide bonds. The van der Waals surface area contributed by atoms with E-state index >= 15 is 0 Å². The molecule has 1 aromatic carbocycles. The smallest absolute Gasteiger partial charge is 0.235 e. The fourth-order valence-corrected chi connectivity index (χ4v) is 3.14. The Kier molecular flexibility index (Phi) is 5.73. The molecule has 2 N–H and O–H groups in total. The molecular formula is C15H20FN5OS. The van der Waals surface area contributed by atoms with Gasteiger partial charge in [0.05, 0.1) is 10.9 Å². The number of hydrogen-bond acceptors (Lipinski definition) is 5. The molecule has 1 heterocycles. The molecule has 0 fully saturated rings. The van der Waals surface area contributed by atoms with Crippen molar-refractivity contribution < 1.29 is 9.18 Å². The first kappa shape index (κ1) is 17.4. The Hall–Kier alpha value is -1.93. The number of carbonyl (C=O) groups is 1. The van der Waals surface area contributed by atoms with Gasteiger partial charge >= 0.3 is 0 Å². The van der Waals surface area contributed by atoms with Gasteiger partial charge in [0.2, 0.25) is 5.91 Å². The van der Waals surface area contributed by atoms with Crippen LogP contribution in [0, 0.1) is 5.82 Å². The monoisotopic (exact) mass is 337 g/mol. The zero-order chi connectivity index (χ0) is 17.0. The van der Waals surface area contributed by atoms with Crippen LogP contribution in [0.15, 0.2) is 29.4 Å². The lowest BCUT2D eigenvalue weighted by Gasteiger charge is -2.17. The lowest BCUT2D eigenvalue weighted by molar-refractivity contribution is -0.127. The van der Waals surface area contributed by atoms with Crippen LogP contribution in [-0.4, -0.2) is 51.5 Å². The van der Waals surface area contributed by atoms with E-state index in [1.165, 1.54) is 22.7 Å². The number of rotatable bonds is 6. The van der Waals surface area contributed by atoms with Crippen molar-refractivity contribution in [2.24, 2.45) is 5.73 Å². The third-order valence-corrected chi connectivity index (χ3v) is 4.26. The summed E-state index contributed by atoms with van der Waals surface area (Å²) in [6.07, 6.45) is 0.470. The standard InChI is InChI=1S/C15H20FN5OS/c1-10(14(22)20(2)3)23-15-19-18-13(8-9-17)21(15)12-7-5-4-6-11(12)16/h4-7,10H,8-9,17H2,1-3H3/t10-/m1/s1. The van der Waals surface area contributed by atoms with Crippen molar-refractivity contribution in [1.82, 2.24) is 19.7 Å². The SMILES string of the molecule is C[C@@H](Sc1nnc(CCN)n1-c1ccccc1F)C(=O)N(C)C. The van der Waals surface area contributed by atoms with Crippen molar-refractivity contribution in [3.63, 3.8) is 0 Å². The second-order valence-electron chi connectivity index (χ2n) is 5.22. The number of halogens is 1. The van der Waals surface area contributed by atoms with Crippen LogP contribution in [0.3, 0.4) is 0 Å². The number of nitrogens with two attached hydrogens (primary N) is 1. The average Bonchev–Trinajstić information content (AvgIpc) is 2.89. The topological polar surface area (TPSA) is 77.0 Å². The van der Waals surface area contributed by atoms with Crippen LogP contribution in [0.2, 0.25) is 0 Å². The summed E-state index contributed by atoms with van der Waals surface area (Å²) in [5.74, 6) is 0.155. The zero-order valence-corrected chi connectivity index (χ0v) is 14.2. The van der Waals surface area contributed by atoms with Gasteiger partial charge in [-0.05, 0) is 25.6 Å². The van der Waals surface area contributed by atoms with Gasteiger partial charge in [0.1, 0.15) is 11.6 Å². The minimum Gasteiger partial charge on any atom is -0.348 e. The molecule has 0 aliphatic carbocycles. The molecular weight excluding hydrogens is 317 g/mol. The summed E-state index contributed by atoms with van der Waals surface area (Å²) in [7, 11) is 3.39. The minimum absolute atomic E-state index is 0.0431. The average molecular weight is 337 g/mol. The Bertz CT molecular complexity index is 688. The highest BCUT2D eigenvalue weighted by molar-refractivity contribution is 8.00. The van der Waals surface area contributed by atoms with Gasteiger partial charge in [0.25, 0.3) is 0 Å². The number of aromatic nitrogens is 3. The number of para-hydroxylation sites is 1. The number of amides is 1. The molecule has 0 saturated carbocycles. The summed E-state index contributed by atoms with van der Waals surface area (Å²) in [6.45, 7) is 2.17. The number of hydrogen-bond donors (Lipinski definition) is 1. The predicted molar refractivity (Wildman–Crippen MR) is 88.1 cm³/mol. The van der Waals surface area contributed by atoms with Crippen LogP contribution < -0.4 is 5.73 Å². The van der Waals surface area contributed by atoms with Crippen LogP contribution in [0.4, 0.5) is 4.39 Å². The van der Waals surface area contributed by atoms with Crippen molar-refractivity contribution in [2.45, 2.75) is 23.8 Å². The van der Waals surface area contributed by atoms with E-state index in [4.69, 9.17) is 5.73 Å². The lowest BCUT2D eigenvalue weighted by Crippen LogP contribution is -2.29. The van der Waals surface area contributed by atoms with Crippen LogP contribution in [-0.2, 0) is 11.2 Å². The van der Waals surface area contributed by atoms with Crippen molar-refractivity contribution >= 4 is 17.7 Å². The molecule has 1 aromatic heterocycles. The first-order chi connectivity index (χ1) is 11.0. The molecule has 1 atom stereocenters. The minimum atomic E-state index is -0.376. The highest BCUT2D eigenvalue weighted by Crippen LogP contribution is 2.27. The van der Waals surface area contributed by atoms with Gasteiger partial charge in [-0.15, -0.1) is 10.2 Å². The molecule has 0 aliphatic rings. The van der Waals surface area contributed by atoms with Crippen LogP contribution >= 0.6 is 11.8 Å². The Morgan fingerprint density at radius 1 is 1.39 bits per heavy atom. The second-order valence-corrected chi connectivity index (χ2v) is 6.53. The third-order valence-electron chi connectivity index (χ3n) is 3.23. The molecule has 8 heteroatoms. The molecule has 0 radical (unpaired) electrons. The van der Waals surface area contributed by atoms with Crippen molar-refractivity contribution in [2.75, 3.05) is 20.6 Å². The zero-order valence-electron chi connectivity index (χ0n) is 13.4. The quantitative estimate of drug-likeness (QED) is 0.808. The Balaban J connectivity index is 2.41. The highest BCUT2D eigenvalue weighted by Gasteiger charge is 2.22. The van der Waals surface area contributed by atoms with Crippen molar-refractivity contribution in [1.29, 1.82) is 0 Å². The predicted octanol–water partition coefficient (Wildman–Crippen LogP) is 1.48. The fraction of sp³-hybridized carbons (Fsp3) is 0.400. The number of thioether (sulfide) groups is 1. The number of carbonyl (C=O) groups excluding carboxylic acids is 1. The number of benzene rings is 1. The van der Waals surface area contributed by atoms with Crippen LogP contribution in [0.1, 0.15) is 12.7 Å². The highest BCUT2D eigenvalue weighted by atomic mass is 32.2.